The SMILES string of the molecule is COCCNC(=NCC(=O)N(C)C)NC1CCCC(C)C1.I. The number of rotatable bonds is 6. The standard InChI is InChI=1S/C15H30N4O2.HI/c1-12-6-5-7-13(10-12)18-15(16-8-9-21-4)17-11-14(20)19(2)3;/h12-13H,5-11H2,1-4H3,(H2,16,17,18);1H. The predicted molar refractivity (Wildman–Crippen MR) is 101 cm³/mol. The highest BCUT2D eigenvalue weighted by molar-refractivity contribution is 14.0. The first-order chi connectivity index (χ1) is 10.0. The fourth-order valence-electron chi connectivity index (χ4n) is 2.47. The minimum atomic E-state index is -0.000135. The number of hydrogen-bond donors (Lipinski definition) is 2. The monoisotopic (exact) mass is 426 g/mol. The molecule has 1 fully saturated rings. The number of carbonyl (C=O) groups excluding carboxylic acids is 1. The summed E-state index contributed by atoms with van der Waals surface area (Å²) in [5.41, 5.74) is 0. The smallest absolute Gasteiger partial charge is 0.243 e. The molecule has 7 heteroatoms. The molecule has 22 heavy (non-hydrogen) atoms. The molecule has 1 rings (SSSR count). The third-order valence-electron chi connectivity index (χ3n) is 3.75. The van der Waals surface area contributed by atoms with Gasteiger partial charge in [-0.1, -0.05) is 19.8 Å². The Morgan fingerprint density at radius 1 is 1.36 bits per heavy atom. The Kier molecular flexibility index (Phi) is 11.6. The van der Waals surface area contributed by atoms with Crippen molar-refractivity contribution in [2.45, 2.75) is 38.6 Å². The highest BCUT2D eigenvalue weighted by Crippen LogP contribution is 2.23. The van der Waals surface area contributed by atoms with Crippen LogP contribution in [0, 0.1) is 5.92 Å². The molecule has 1 amide bonds. The van der Waals surface area contributed by atoms with E-state index in [1.54, 1.807) is 26.1 Å². The molecule has 0 radical (unpaired) electrons. The first-order valence-corrected chi connectivity index (χ1v) is 7.77. The lowest BCUT2D eigenvalue weighted by atomic mass is 9.87. The highest BCUT2D eigenvalue weighted by atomic mass is 127. The first-order valence-electron chi connectivity index (χ1n) is 7.77. The predicted octanol–water partition coefficient (Wildman–Crippen LogP) is 1.45. The Bertz CT molecular complexity index is 350. The Balaban J connectivity index is 0.00000441. The average molecular weight is 426 g/mol. The molecular formula is C15H31IN4O2. The van der Waals surface area contributed by atoms with Crippen LogP contribution in [0.2, 0.25) is 0 Å². The van der Waals surface area contributed by atoms with Gasteiger partial charge in [-0.25, -0.2) is 4.99 Å². The van der Waals surface area contributed by atoms with Gasteiger partial charge in [-0.2, -0.15) is 0 Å². The fourth-order valence-corrected chi connectivity index (χ4v) is 2.47. The number of nitrogens with one attached hydrogen (secondary N) is 2. The molecular weight excluding hydrogens is 395 g/mol. The van der Waals surface area contributed by atoms with E-state index in [1.165, 1.54) is 12.8 Å². The zero-order valence-corrected chi connectivity index (χ0v) is 16.6. The van der Waals surface area contributed by atoms with Crippen molar-refractivity contribution in [1.82, 2.24) is 15.5 Å². The Hall–Kier alpha value is -0.570. The van der Waals surface area contributed by atoms with Gasteiger partial charge in [0.25, 0.3) is 0 Å². The summed E-state index contributed by atoms with van der Waals surface area (Å²) in [6, 6.07) is 0.442. The summed E-state index contributed by atoms with van der Waals surface area (Å²) in [5, 5.41) is 6.67. The normalized spacial score (nSPS) is 21.7. The largest absolute Gasteiger partial charge is 0.383 e. The van der Waals surface area contributed by atoms with Crippen molar-refractivity contribution in [3.8, 4) is 0 Å². The molecule has 2 unspecified atom stereocenters. The molecule has 1 aliphatic carbocycles. The van der Waals surface area contributed by atoms with E-state index in [9.17, 15) is 4.79 Å². The summed E-state index contributed by atoms with van der Waals surface area (Å²) in [5.74, 6) is 1.46. The van der Waals surface area contributed by atoms with Gasteiger partial charge >= 0.3 is 0 Å². The van der Waals surface area contributed by atoms with E-state index in [-0.39, 0.29) is 36.4 Å². The van der Waals surface area contributed by atoms with E-state index in [0.717, 1.165) is 18.8 Å². The van der Waals surface area contributed by atoms with Gasteiger partial charge in [0.2, 0.25) is 5.91 Å². The molecule has 1 aliphatic rings. The quantitative estimate of drug-likeness (QED) is 0.292. The minimum absolute atomic E-state index is 0. The molecule has 2 atom stereocenters. The molecule has 2 N–H and O–H groups in total. The van der Waals surface area contributed by atoms with Gasteiger partial charge in [-0.15, -0.1) is 24.0 Å². The summed E-state index contributed by atoms with van der Waals surface area (Å²) in [6.07, 6.45) is 4.88. The lowest BCUT2D eigenvalue weighted by molar-refractivity contribution is -0.127. The number of likely N-dealkylation sites (N-methyl/N-ethyl adjacent to an activating group) is 1. The van der Waals surface area contributed by atoms with Crippen LogP contribution in [0.15, 0.2) is 4.99 Å². The van der Waals surface area contributed by atoms with Gasteiger partial charge in [-0.3, -0.25) is 4.79 Å². The van der Waals surface area contributed by atoms with E-state index in [4.69, 9.17) is 4.74 Å². The molecule has 0 aromatic heterocycles. The summed E-state index contributed by atoms with van der Waals surface area (Å²) >= 11 is 0. The van der Waals surface area contributed by atoms with Crippen LogP contribution in [0.4, 0.5) is 0 Å². The van der Waals surface area contributed by atoms with E-state index < -0.39 is 0 Å². The van der Waals surface area contributed by atoms with Gasteiger partial charge in [0.1, 0.15) is 6.54 Å². The molecule has 130 valence electrons. The zero-order chi connectivity index (χ0) is 15.7. The van der Waals surface area contributed by atoms with E-state index >= 15 is 0 Å². The topological polar surface area (TPSA) is 66.0 Å². The van der Waals surface area contributed by atoms with Gasteiger partial charge in [0.05, 0.1) is 6.61 Å². The Morgan fingerprint density at radius 2 is 2.09 bits per heavy atom. The van der Waals surface area contributed by atoms with Crippen LogP contribution in [-0.2, 0) is 9.53 Å². The van der Waals surface area contributed by atoms with Crippen molar-refractivity contribution in [2.24, 2.45) is 10.9 Å². The van der Waals surface area contributed by atoms with Gasteiger partial charge < -0.3 is 20.3 Å². The van der Waals surface area contributed by atoms with Crippen molar-refractivity contribution >= 4 is 35.8 Å². The zero-order valence-electron chi connectivity index (χ0n) is 14.2. The van der Waals surface area contributed by atoms with Crippen LogP contribution >= 0.6 is 24.0 Å². The number of guanidine groups is 1. The number of ether oxygens (including phenoxy) is 1. The molecule has 0 bridgehead atoms. The highest BCUT2D eigenvalue weighted by Gasteiger charge is 2.19. The molecule has 0 heterocycles. The van der Waals surface area contributed by atoms with Crippen molar-refractivity contribution < 1.29 is 9.53 Å². The molecule has 0 aliphatic heterocycles. The maximum absolute atomic E-state index is 11.7. The number of amides is 1. The third kappa shape index (κ3) is 8.77. The number of aliphatic imine (C=N–C) groups is 1. The number of methoxy groups -OCH3 is 1. The first kappa shape index (κ1) is 21.4. The van der Waals surface area contributed by atoms with Gasteiger partial charge in [-0.05, 0) is 18.8 Å². The molecule has 6 nitrogen and oxygen atoms in total. The summed E-state index contributed by atoms with van der Waals surface area (Å²) in [7, 11) is 5.16. The molecule has 0 saturated heterocycles. The number of hydrogen-bond acceptors (Lipinski definition) is 3. The van der Waals surface area contributed by atoms with Crippen LogP contribution < -0.4 is 10.6 Å². The molecule has 0 aromatic carbocycles. The van der Waals surface area contributed by atoms with Crippen molar-refractivity contribution in [2.75, 3.05) is 40.9 Å². The van der Waals surface area contributed by atoms with Crippen LogP contribution in [0.25, 0.3) is 0 Å². The second kappa shape index (κ2) is 11.9. The van der Waals surface area contributed by atoms with Crippen molar-refractivity contribution in [3.05, 3.63) is 0 Å². The Morgan fingerprint density at radius 3 is 2.68 bits per heavy atom. The average Bonchev–Trinajstić information content (AvgIpc) is 2.44. The fraction of sp³-hybridized carbons (Fsp3) is 0.867. The molecule has 0 aromatic rings. The summed E-state index contributed by atoms with van der Waals surface area (Å²) in [4.78, 5) is 17.6. The van der Waals surface area contributed by atoms with E-state index in [0.29, 0.717) is 25.2 Å². The van der Waals surface area contributed by atoms with E-state index in [2.05, 4.69) is 22.5 Å². The second-order valence-electron chi connectivity index (χ2n) is 5.99. The molecule has 1 saturated carbocycles. The summed E-state index contributed by atoms with van der Waals surface area (Å²) in [6.45, 7) is 3.75. The molecule has 0 spiro atoms. The van der Waals surface area contributed by atoms with E-state index in [1.807, 2.05) is 0 Å². The number of nitrogens with zero attached hydrogens (tertiary/aromatic N) is 2. The van der Waals surface area contributed by atoms with Gasteiger partial charge in [0, 0.05) is 33.8 Å². The van der Waals surface area contributed by atoms with Crippen LogP contribution in [0.1, 0.15) is 32.6 Å². The minimum Gasteiger partial charge on any atom is -0.383 e. The lowest BCUT2D eigenvalue weighted by Crippen LogP contribution is -2.46. The number of carbonyl (C=O) groups is 1. The van der Waals surface area contributed by atoms with Crippen molar-refractivity contribution in [3.63, 3.8) is 0 Å². The van der Waals surface area contributed by atoms with Crippen LogP contribution in [-0.4, -0.2) is 63.7 Å². The number of halogens is 1. The third-order valence-corrected chi connectivity index (χ3v) is 3.75. The second-order valence-corrected chi connectivity index (χ2v) is 5.99. The van der Waals surface area contributed by atoms with Gasteiger partial charge in [0.15, 0.2) is 5.96 Å². The maximum atomic E-state index is 11.7. The van der Waals surface area contributed by atoms with Crippen LogP contribution in [0.3, 0.4) is 0 Å². The lowest BCUT2D eigenvalue weighted by Gasteiger charge is -2.29. The maximum Gasteiger partial charge on any atom is 0.243 e. The van der Waals surface area contributed by atoms with Crippen molar-refractivity contribution in [1.29, 1.82) is 0 Å². The Labute approximate surface area is 151 Å². The van der Waals surface area contributed by atoms with Crippen LogP contribution in [0.5, 0.6) is 0 Å². The summed E-state index contributed by atoms with van der Waals surface area (Å²) < 4.78 is 5.04.